The molecule has 1 aliphatic carbocycles. The molecule has 0 aliphatic heterocycles. The van der Waals surface area contributed by atoms with Crippen molar-refractivity contribution in [2.24, 2.45) is 23.1 Å². The molecule has 1 heterocycles. The van der Waals surface area contributed by atoms with Crippen molar-refractivity contribution >= 4 is 17.5 Å². The number of nitrogens with one attached hydrogen (secondary N) is 3. The molecule has 1 aromatic heterocycles. The fourth-order valence-electron chi connectivity index (χ4n) is 2.88. The Kier molecular flexibility index (Phi) is 6.11. The van der Waals surface area contributed by atoms with Crippen LogP contribution in [0, 0.1) is 17.2 Å². The van der Waals surface area contributed by atoms with Crippen LogP contribution in [0.25, 0.3) is 11.1 Å². The van der Waals surface area contributed by atoms with E-state index in [-0.39, 0.29) is 34.7 Å². The number of carbonyl (C=O) groups is 2. The van der Waals surface area contributed by atoms with Crippen LogP contribution >= 0.6 is 0 Å². The number of nitrogens with zero attached hydrogens (tertiary/aromatic N) is 2. The van der Waals surface area contributed by atoms with Gasteiger partial charge in [-0.2, -0.15) is 10.4 Å². The Labute approximate surface area is 177 Å². The Hall–Kier alpha value is -4.46. The number of anilines is 1. The second-order valence-electron chi connectivity index (χ2n) is 6.84. The average Bonchev–Trinajstić information content (AvgIpc) is 3.49. The first-order valence-electron chi connectivity index (χ1n) is 9.31. The van der Waals surface area contributed by atoms with Crippen LogP contribution in [-0.4, -0.2) is 29.1 Å². The zero-order valence-corrected chi connectivity index (χ0v) is 16.7. The zero-order chi connectivity index (χ0) is 22.5. The molecule has 0 saturated heterocycles. The summed E-state index contributed by atoms with van der Waals surface area (Å²) in [6.45, 7) is 0. The first kappa shape index (κ1) is 21.3. The summed E-state index contributed by atoms with van der Waals surface area (Å²) in [4.78, 5) is 23.7. The number of allylic oxidation sites excluding steroid dienone is 1. The molecule has 1 aliphatic rings. The summed E-state index contributed by atoms with van der Waals surface area (Å²) in [5, 5.41) is 21.3. The standard InChI is InChI=1S/C20H22N8O3/c1-31-18-11(12-9-25-28-15(12)8-21)3-2-4-13(18)26-14(17(23)19(24)29)7-16(22)27-20(30)10-5-6-10/h2-4,7,9-10,26H,5-6,22-23H2,1H3,(H2,24,29)(H,25,28)(H,27,30)/b16-7+,17-14+. The lowest BCUT2D eigenvalue weighted by Gasteiger charge is -2.17. The molecule has 0 spiro atoms. The number of nitrogens with two attached hydrogens (primary N) is 3. The number of hydrogen-bond donors (Lipinski definition) is 6. The Morgan fingerprint density at radius 2 is 2.03 bits per heavy atom. The minimum Gasteiger partial charge on any atom is -0.494 e. The van der Waals surface area contributed by atoms with E-state index in [9.17, 15) is 14.9 Å². The fourth-order valence-corrected chi connectivity index (χ4v) is 2.88. The predicted molar refractivity (Wildman–Crippen MR) is 112 cm³/mol. The molecule has 1 aromatic carbocycles. The van der Waals surface area contributed by atoms with Crippen molar-refractivity contribution in [3.05, 3.63) is 53.4 Å². The first-order chi connectivity index (χ1) is 14.8. The third-order valence-electron chi connectivity index (χ3n) is 4.60. The summed E-state index contributed by atoms with van der Waals surface area (Å²) in [5.41, 5.74) is 18.7. The van der Waals surface area contributed by atoms with Gasteiger partial charge in [-0.25, -0.2) is 0 Å². The van der Waals surface area contributed by atoms with Gasteiger partial charge in [-0.15, -0.1) is 0 Å². The van der Waals surface area contributed by atoms with Gasteiger partial charge in [-0.1, -0.05) is 12.1 Å². The summed E-state index contributed by atoms with van der Waals surface area (Å²) in [7, 11) is 1.46. The highest BCUT2D eigenvalue weighted by Crippen LogP contribution is 2.38. The van der Waals surface area contributed by atoms with Gasteiger partial charge in [0.05, 0.1) is 24.7 Å². The van der Waals surface area contributed by atoms with Crippen LogP contribution in [0.5, 0.6) is 5.75 Å². The van der Waals surface area contributed by atoms with E-state index < -0.39 is 5.91 Å². The van der Waals surface area contributed by atoms with E-state index in [1.54, 1.807) is 18.2 Å². The Morgan fingerprint density at radius 3 is 2.65 bits per heavy atom. The molecule has 0 unspecified atom stereocenters. The number of amides is 2. The molecule has 11 nitrogen and oxygen atoms in total. The van der Waals surface area contributed by atoms with E-state index >= 15 is 0 Å². The average molecular weight is 422 g/mol. The molecular formula is C20H22N8O3. The van der Waals surface area contributed by atoms with Crippen LogP contribution < -0.4 is 32.6 Å². The van der Waals surface area contributed by atoms with Gasteiger partial charge in [0.25, 0.3) is 5.91 Å². The van der Waals surface area contributed by atoms with Gasteiger partial charge < -0.3 is 32.6 Å². The summed E-state index contributed by atoms with van der Waals surface area (Å²) in [6, 6.07) is 7.17. The lowest BCUT2D eigenvalue weighted by molar-refractivity contribution is -0.121. The topological polar surface area (TPSA) is 198 Å². The normalized spacial score (nSPS) is 14.3. The maximum Gasteiger partial charge on any atom is 0.266 e. The highest BCUT2D eigenvalue weighted by atomic mass is 16.5. The molecule has 2 amide bonds. The van der Waals surface area contributed by atoms with Crippen LogP contribution in [0.3, 0.4) is 0 Å². The summed E-state index contributed by atoms with van der Waals surface area (Å²) >= 11 is 0. The number of ether oxygens (including phenoxy) is 1. The van der Waals surface area contributed by atoms with E-state index in [2.05, 4.69) is 20.8 Å². The van der Waals surface area contributed by atoms with Gasteiger partial charge in [0.15, 0.2) is 0 Å². The zero-order valence-electron chi connectivity index (χ0n) is 16.7. The third kappa shape index (κ3) is 4.76. The van der Waals surface area contributed by atoms with E-state index in [0.717, 1.165) is 12.8 Å². The minimum absolute atomic E-state index is 0.000299. The highest BCUT2D eigenvalue weighted by Gasteiger charge is 2.29. The van der Waals surface area contributed by atoms with Crippen LogP contribution in [-0.2, 0) is 9.59 Å². The lowest BCUT2D eigenvalue weighted by Crippen LogP contribution is -2.30. The summed E-state index contributed by atoms with van der Waals surface area (Å²) in [5.74, 6) is -0.766. The molecule has 9 N–H and O–H groups in total. The minimum atomic E-state index is -0.878. The molecule has 1 saturated carbocycles. The van der Waals surface area contributed by atoms with E-state index in [4.69, 9.17) is 21.9 Å². The second kappa shape index (κ2) is 8.91. The number of para-hydroxylation sites is 1. The van der Waals surface area contributed by atoms with Crippen molar-refractivity contribution in [3.63, 3.8) is 0 Å². The number of benzene rings is 1. The number of aromatic nitrogens is 2. The Balaban J connectivity index is 1.99. The molecule has 0 radical (unpaired) electrons. The molecule has 11 heteroatoms. The van der Waals surface area contributed by atoms with Crippen LogP contribution in [0.4, 0.5) is 5.69 Å². The molecule has 2 aromatic rings. The number of methoxy groups -OCH3 is 1. The summed E-state index contributed by atoms with van der Waals surface area (Å²) in [6.07, 6.45) is 4.43. The predicted octanol–water partition coefficient (Wildman–Crippen LogP) is 0.351. The van der Waals surface area contributed by atoms with E-state index in [0.29, 0.717) is 22.6 Å². The number of rotatable bonds is 8. The number of primary amides is 1. The van der Waals surface area contributed by atoms with Crippen molar-refractivity contribution in [2.75, 3.05) is 12.4 Å². The molecular weight excluding hydrogens is 400 g/mol. The van der Waals surface area contributed by atoms with Crippen LogP contribution in [0.2, 0.25) is 0 Å². The smallest absolute Gasteiger partial charge is 0.266 e. The number of carbonyl (C=O) groups excluding carboxylic acids is 2. The monoisotopic (exact) mass is 422 g/mol. The van der Waals surface area contributed by atoms with Gasteiger partial charge in [-0.3, -0.25) is 14.7 Å². The van der Waals surface area contributed by atoms with Crippen molar-refractivity contribution in [3.8, 4) is 22.9 Å². The maximum absolute atomic E-state index is 11.9. The van der Waals surface area contributed by atoms with Gasteiger partial charge in [0.2, 0.25) is 5.91 Å². The SMILES string of the molecule is COc1c(NC(/C=C(\N)NC(=O)C2CC2)=C(/N)C(N)=O)cccc1-c1cn[nH]c1C#N. The fraction of sp³-hybridized carbons (Fsp3) is 0.200. The van der Waals surface area contributed by atoms with Crippen molar-refractivity contribution in [1.29, 1.82) is 5.26 Å². The number of H-pyrrole nitrogens is 1. The molecule has 0 atom stereocenters. The molecule has 3 rings (SSSR count). The third-order valence-corrected chi connectivity index (χ3v) is 4.60. The quantitative estimate of drug-likeness (QED) is 0.258. The number of nitriles is 1. The Morgan fingerprint density at radius 1 is 1.29 bits per heavy atom. The lowest BCUT2D eigenvalue weighted by atomic mass is 10.0. The molecule has 31 heavy (non-hydrogen) atoms. The largest absolute Gasteiger partial charge is 0.494 e. The van der Waals surface area contributed by atoms with Crippen molar-refractivity contribution in [1.82, 2.24) is 15.5 Å². The number of hydrogen-bond acceptors (Lipinski definition) is 8. The summed E-state index contributed by atoms with van der Waals surface area (Å²) < 4.78 is 5.54. The van der Waals surface area contributed by atoms with Crippen molar-refractivity contribution in [2.45, 2.75) is 12.8 Å². The van der Waals surface area contributed by atoms with Crippen LogP contribution in [0.15, 0.2) is 47.7 Å². The first-order valence-corrected chi connectivity index (χ1v) is 9.31. The van der Waals surface area contributed by atoms with Crippen LogP contribution in [0.1, 0.15) is 18.5 Å². The van der Waals surface area contributed by atoms with E-state index in [1.807, 2.05) is 6.07 Å². The van der Waals surface area contributed by atoms with Gasteiger partial charge in [0, 0.05) is 23.1 Å². The molecule has 1 fully saturated rings. The van der Waals surface area contributed by atoms with Gasteiger partial charge in [-0.05, 0) is 18.9 Å². The second-order valence-corrected chi connectivity index (χ2v) is 6.84. The van der Waals surface area contributed by atoms with E-state index in [1.165, 1.54) is 19.4 Å². The van der Waals surface area contributed by atoms with Crippen molar-refractivity contribution < 1.29 is 14.3 Å². The van der Waals surface area contributed by atoms with Gasteiger partial charge >= 0.3 is 0 Å². The van der Waals surface area contributed by atoms with Gasteiger partial charge in [0.1, 0.15) is 29.0 Å². The Bertz CT molecular complexity index is 1120. The number of aromatic amines is 1. The molecule has 160 valence electrons. The highest BCUT2D eigenvalue weighted by molar-refractivity contribution is 5.93. The molecule has 0 bridgehead atoms. The maximum atomic E-state index is 11.9.